The third-order valence-corrected chi connectivity index (χ3v) is 4.47. The molecule has 0 aliphatic carbocycles. The van der Waals surface area contributed by atoms with Crippen LogP contribution in [0.5, 0.6) is 0 Å². The molecule has 144 valence electrons. The lowest BCUT2D eigenvalue weighted by Gasteiger charge is -2.23. The van der Waals surface area contributed by atoms with Crippen molar-refractivity contribution in [2.45, 2.75) is 13.3 Å². The number of nitrogens with one attached hydrogen (secondary N) is 2. The zero-order chi connectivity index (χ0) is 20.1. The lowest BCUT2D eigenvalue weighted by molar-refractivity contribution is 0.0696. The molecule has 0 saturated heterocycles. The fourth-order valence-corrected chi connectivity index (χ4v) is 2.91. The van der Waals surface area contributed by atoms with E-state index in [1.54, 1.807) is 24.4 Å². The van der Waals surface area contributed by atoms with Crippen molar-refractivity contribution in [2.24, 2.45) is 0 Å². The summed E-state index contributed by atoms with van der Waals surface area (Å²) in [5.74, 6) is -1.32. The van der Waals surface area contributed by atoms with Crippen LogP contribution >= 0.6 is 0 Å². The van der Waals surface area contributed by atoms with Gasteiger partial charge in [-0.2, -0.15) is 5.10 Å². The number of H-pyrrole nitrogens is 1. The molecule has 0 fully saturated rings. The van der Waals surface area contributed by atoms with Crippen LogP contribution < -0.4 is 10.2 Å². The van der Waals surface area contributed by atoms with Crippen molar-refractivity contribution in [3.05, 3.63) is 77.1 Å². The number of carboxylic acid groups (broad SMARTS) is 1. The summed E-state index contributed by atoms with van der Waals surface area (Å²) < 4.78 is 0. The van der Waals surface area contributed by atoms with E-state index in [9.17, 15) is 14.7 Å². The molecule has 0 aliphatic rings. The molecule has 3 N–H and O–H groups in total. The summed E-state index contributed by atoms with van der Waals surface area (Å²) in [5, 5.41) is 18.9. The number of carbonyl (C=O) groups excluding carboxylic acids is 1. The number of aromatic nitrogens is 2. The van der Waals surface area contributed by atoms with E-state index in [4.69, 9.17) is 0 Å². The third kappa shape index (κ3) is 4.56. The fourth-order valence-electron chi connectivity index (χ4n) is 2.91. The number of aryl methyl sites for hydroxylation is 1. The second-order valence-electron chi connectivity index (χ2n) is 6.64. The number of aromatic amines is 1. The molecule has 1 amide bonds. The number of nitrogens with zero attached hydrogens (tertiary/aromatic N) is 2. The Morgan fingerprint density at radius 2 is 2.00 bits per heavy atom. The summed E-state index contributed by atoms with van der Waals surface area (Å²) in [4.78, 5) is 26.0. The number of carbonyl (C=O) groups is 2. The quantitative estimate of drug-likeness (QED) is 0.586. The van der Waals surface area contributed by atoms with Crippen LogP contribution in [0.25, 0.3) is 0 Å². The van der Waals surface area contributed by atoms with Gasteiger partial charge < -0.3 is 15.3 Å². The molecule has 0 bridgehead atoms. The van der Waals surface area contributed by atoms with Gasteiger partial charge in [-0.25, -0.2) is 4.79 Å². The highest BCUT2D eigenvalue weighted by Crippen LogP contribution is 2.27. The lowest BCUT2D eigenvalue weighted by atomic mass is 10.1. The molecule has 0 spiro atoms. The van der Waals surface area contributed by atoms with Gasteiger partial charge in [-0.15, -0.1) is 0 Å². The van der Waals surface area contributed by atoms with Crippen LogP contribution in [-0.4, -0.2) is 40.8 Å². The second kappa shape index (κ2) is 8.39. The normalized spacial score (nSPS) is 10.5. The molecule has 7 nitrogen and oxygen atoms in total. The molecule has 0 saturated carbocycles. The minimum Gasteiger partial charge on any atom is -0.478 e. The molecule has 0 radical (unpaired) electrons. The Morgan fingerprint density at radius 3 is 2.68 bits per heavy atom. The number of amides is 1. The van der Waals surface area contributed by atoms with Crippen molar-refractivity contribution in [1.82, 2.24) is 10.2 Å². The van der Waals surface area contributed by atoms with Gasteiger partial charge in [0.25, 0.3) is 5.91 Å². The van der Waals surface area contributed by atoms with Crippen molar-refractivity contribution in [3.63, 3.8) is 0 Å². The van der Waals surface area contributed by atoms with Crippen LogP contribution in [0.4, 0.5) is 11.4 Å². The average Bonchev–Trinajstić information content (AvgIpc) is 3.19. The summed E-state index contributed by atoms with van der Waals surface area (Å²) in [6.07, 6.45) is 4.36. The zero-order valence-corrected chi connectivity index (χ0v) is 15.8. The molecule has 28 heavy (non-hydrogen) atoms. The number of aromatic carboxylic acids is 1. The largest absolute Gasteiger partial charge is 0.478 e. The van der Waals surface area contributed by atoms with Crippen molar-refractivity contribution in [3.8, 4) is 0 Å². The number of anilines is 2. The maximum absolute atomic E-state index is 12.7. The van der Waals surface area contributed by atoms with Crippen molar-refractivity contribution in [1.29, 1.82) is 0 Å². The monoisotopic (exact) mass is 378 g/mol. The second-order valence-corrected chi connectivity index (χ2v) is 6.64. The van der Waals surface area contributed by atoms with Crippen LogP contribution in [0.2, 0.25) is 0 Å². The van der Waals surface area contributed by atoms with Crippen molar-refractivity contribution >= 4 is 23.3 Å². The first-order valence-corrected chi connectivity index (χ1v) is 8.88. The predicted octanol–water partition coefficient (Wildman–Crippen LogP) is 3.35. The van der Waals surface area contributed by atoms with Crippen molar-refractivity contribution < 1.29 is 14.7 Å². The van der Waals surface area contributed by atoms with Gasteiger partial charge in [0.2, 0.25) is 0 Å². The molecular weight excluding hydrogens is 356 g/mol. The van der Waals surface area contributed by atoms with Gasteiger partial charge in [-0.1, -0.05) is 17.7 Å². The predicted molar refractivity (Wildman–Crippen MR) is 108 cm³/mol. The molecule has 3 rings (SSSR count). The summed E-state index contributed by atoms with van der Waals surface area (Å²) in [5.41, 5.74) is 3.89. The first-order chi connectivity index (χ1) is 13.4. The van der Waals surface area contributed by atoms with E-state index in [-0.39, 0.29) is 11.5 Å². The SMILES string of the molecule is Cc1cccc(C(=O)Nc2cc(C(=O)O)ccc2N(C)CCc2cn[nH]c2)c1. The summed E-state index contributed by atoms with van der Waals surface area (Å²) in [6.45, 7) is 2.59. The summed E-state index contributed by atoms with van der Waals surface area (Å²) in [7, 11) is 1.90. The smallest absolute Gasteiger partial charge is 0.335 e. The van der Waals surface area contributed by atoms with E-state index in [0.717, 1.165) is 23.2 Å². The molecule has 0 atom stereocenters. The molecule has 2 aromatic carbocycles. The molecule has 7 heteroatoms. The Hall–Kier alpha value is -3.61. The van der Waals surface area contributed by atoms with Crippen molar-refractivity contribution in [2.75, 3.05) is 23.8 Å². The highest BCUT2D eigenvalue weighted by atomic mass is 16.4. The van der Waals surface area contributed by atoms with Gasteiger partial charge in [-0.3, -0.25) is 9.89 Å². The Balaban J connectivity index is 1.85. The van der Waals surface area contributed by atoms with Gasteiger partial charge >= 0.3 is 5.97 Å². The Bertz CT molecular complexity index is 983. The topological polar surface area (TPSA) is 98.3 Å². The van der Waals surface area contributed by atoms with Crippen LogP contribution in [0.3, 0.4) is 0 Å². The van der Waals surface area contributed by atoms with Crippen LogP contribution in [0, 0.1) is 6.92 Å². The Labute approximate surface area is 163 Å². The van der Waals surface area contributed by atoms with E-state index in [0.29, 0.717) is 17.8 Å². The zero-order valence-electron chi connectivity index (χ0n) is 15.8. The van der Waals surface area contributed by atoms with E-state index in [1.165, 1.54) is 12.1 Å². The van der Waals surface area contributed by atoms with E-state index < -0.39 is 5.97 Å². The van der Waals surface area contributed by atoms with Gasteiger partial charge in [-0.05, 0) is 49.2 Å². The van der Waals surface area contributed by atoms with E-state index in [2.05, 4.69) is 15.5 Å². The molecular formula is C21H22N4O3. The average molecular weight is 378 g/mol. The van der Waals surface area contributed by atoms with Crippen LogP contribution in [-0.2, 0) is 6.42 Å². The number of likely N-dealkylation sites (N-methyl/N-ethyl adjacent to an activating group) is 1. The first-order valence-electron chi connectivity index (χ1n) is 8.88. The minimum absolute atomic E-state index is 0.117. The molecule has 0 aliphatic heterocycles. The van der Waals surface area contributed by atoms with E-state index in [1.807, 2.05) is 37.2 Å². The fraction of sp³-hybridized carbons (Fsp3) is 0.190. The number of carboxylic acids is 1. The molecule has 1 heterocycles. The number of hydrogen-bond donors (Lipinski definition) is 3. The van der Waals surface area contributed by atoms with Gasteiger partial charge in [0.05, 0.1) is 23.1 Å². The van der Waals surface area contributed by atoms with Gasteiger partial charge in [0.1, 0.15) is 0 Å². The molecule has 1 aromatic heterocycles. The summed E-state index contributed by atoms with van der Waals surface area (Å²) >= 11 is 0. The first kappa shape index (κ1) is 19.2. The number of rotatable bonds is 7. The number of benzene rings is 2. The third-order valence-electron chi connectivity index (χ3n) is 4.47. The Morgan fingerprint density at radius 1 is 1.18 bits per heavy atom. The van der Waals surface area contributed by atoms with Crippen LogP contribution in [0.15, 0.2) is 54.9 Å². The van der Waals surface area contributed by atoms with Crippen LogP contribution in [0.1, 0.15) is 31.8 Å². The summed E-state index contributed by atoms with van der Waals surface area (Å²) in [6, 6.07) is 12.0. The van der Waals surface area contributed by atoms with Gasteiger partial charge in [0.15, 0.2) is 0 Å². The molecule has 0 unspecified atom stereocenters. The molecule has 3 aromatic rings. The minimum atomic E-state index is -1.04. The van der Waals surface area contributed by atoms with Gasteiger partial charge in [0, 0.05) is 25.4 Å². The van der Waals surface area contributed by atoms with E-state index >= 15 is 0 Å². The lowest BCUT2D eigenvalue weighted by Crippen LogP contribution is -2.23. The number of hydrogen-bond acceptors (Lipinski definition) is 4. The maximum atomic E-state index is 12.7. The Kier molecular flexibility index (Phi) is 5.74. The highest BCUT2D eigenvalue weighted by Gasteiger charge is 2.15. The standard InChI is InChI=1S/C21H22N4O3/c1-14-4-3-5-16(10-14)20(26)24-18-11-17(21(27)28)6-7-19(18)25(2)9-8-15-12-22-23-13-15/h3-7,10-13H,8-9H2,1-2H3,(H,22,23)(H,24,26)(H,27,28). The highest BCUT2D eigenvalue weighted by molar-refractivity contribution is 6.06. The maximum Gasteiger partial charge on any atom is 0.335 e.